The van der Waals surface area contributed by atoms with Gasteiger partial charge in [0.15, 0.2) is 11.5 Å². The van der Waals surface area contributed by atoms with Crippen LogP contribution in [0, 0.1) is 0 Å². The second-order valence-electron chi connectivity index (χ2n) is 6.79. The summed E-state index contributed by atoms with van der Waals surface area (Å²) in [6.07, 6.45) is 7.11. The van der Waals surface area contributed by atoms with Gasteiger partial charge < -0.3 is 19.3 Å². The maximum atomic E-state index is 10.6. The van der Waals surface area contributed by atoms with Crippen molar-refractivity contribution in [2.45, 2.75) is 69.5 Å². The summed E-state index contributed by atoms with van der Waals surface area (Å²) in [6.45, 7) is 0. The molecule has 0 aromatic heterocycles. The van der Waals surface area contributed by atoms with E-state index in [1.54, 1.807) is 7.11 Å². The number of hydrogen-bond acceptors (Lipinski definition) is 4. The molecule has 2 aliphatic rings. The lowest BCUT2D eigenvalue weighted by atomic mass is 9.82. The van der Waals surface area contributed by atoms with E-state index in [1.807, 2.05) is 6.07 Å². The lowest BCUT2D eigenvalue weighted by molar-refractivity contribution is 0.0332. The summed E-state index contributed by atoms with van der Waals surface area (Å²) in [5.74, 6) is 2.05. The van der Waals surface area contributed by atoms with Crippen molar-refractivity contribution in [1.29, 1.82) is 0 Å². The van der Waals surface area contributed by atoms with Gasteiger partial charge in [-0.25, -0.2) is 4.79 Å². The van der Waals surface area contributed by atoms with Gasteiger partial charge in [-0.05, 0) is 75.0 Å². The molecule has 0 saturated heterocycles. The zero-order valence-electron chi connectivity index (χ0n) is 14.2. The van der Waals surface area contributed by atoms with Gasteiger partial charge in [0, 0.05) is 0 Å². The maximum absolute atomic E-state index is 10.6. The summed E-state index contributed by atoms with van der Waals surface area (Å²) < 4.78 is 16.5. The minimum absolute atomic E-state index is 0.161. The average molecular weight is 334 g/mol. The fraction of sp³-hybridized carbons (Fsp3) is 0.632. The second-order valence-corrected chi connectivity index (χ2v) is 6.79. The molecule has 0 heterocycles. The Balaban J connectivity index is 1.66. The molecule has 0 atom stereocenters. The highest BCUT2D eigenvalue weighted by molar-refractivity contribution is 5.57. The van der Waals surface area contributed by atoms with Crippen molar-refractivity contribution in [1.82, 2.24) is 0 Å². The van der Waals surface area contributed by atoms with E-state index in [1.165, 1.54) is 18.4 Å². The van der Waals surface area contributed by atoms with Crippen molar-refractivity contribution in [2.75, 3.05) is 7.11 Å². The fourth-order valence-electron chi connectivity index (χ4n) is 3.88. The van der Waals surface area contributed by atoms with E-state index in [0.717, 1.165) is 50.0 Å². The summed E-state index contributed by atoms with van der Waals surface area (Å²) >= 11 is 0. The van der Waals surface area contributed by atoms with Crippen molar-refractivity contribution in [3.8, 4) is 11.5 Å². The van der Waals surface area contributed by atoms with Crippen LogP contribution in [0.1, 0.15) is 62.8 Å². The molecule has 0 bridgehead atoms. The highest BCUT2D eigenvalue weighted by atomic mass is 16.7. The van der Waals surface area contributed by atoms with Gasteiger partial charge in [0.05, 0.1) is 13.2 Å². The Bertz CT molecular complexity index is 557. The van der Waals surface area contributed by atoms with E-state index >= 15 is 0 Å². The Kier molecular flexibility index (Phi) is 5.48. The Morgan fingerprint density at radius 2 is 1.71 bits per heavy atom. The van der Waals surface area contributed by atoms with Crippen molar-refractivity contribution in [3.05, 3.63) is 23.8 Å². The molecular weight excluding hydrogens is 308 g/mol. The van der Waals surface area contributed by atoms with Gasteiger partial charge in [-0.3, -0.25) is 0 Å². The second kappa shape index (κ2) is 7.77. The molecule has 0 amide bonds. The number of carboxylic acid groups (broad SMARTS) is 1. The van der Waals surface area contributed by atoms with Crippen molar-refractivity contribution in [2.24, 2.45) is 0 Å². The van der Waals surface area contributed by atoms with Crippen LogP contribution in [0.4, 0.5) is 4.79 Å². The van der Waals surface area contributed by atoms with Crippen molar-refractivity contribution < 1.29 is 24.1 Å². The molecule has 1 aromatic rings. The molecule has 0 radical (unpaired) electrons. The number of benzene rings is 1. The molecule has 0 aliphatic heterocycles. The van der Waals surface area contributed by atoms with E-state index in [9.17, 15) is 4.79 Å². The Hall–Kier alpha value is -1.91. The topological polar surface area (TPSA) is 65.0 Å². The third kappa shape index (κ3) is 4.13. The predicted molar refractivity (Wildman–Crippen MR) is 90.0 cm³/mol. The minimum Gasteiger partial charge on any atom is -0.493 e. The Morgan fingerprint density at radius 1 is 1.00 bits per heavy atom. The zero-order valence-corrected chi connectivity index (χ0v) is 14.2. The zero-order chi connectivity index (χ0) is 16.9. The van der Waals surface area contributed by atoms with Gasteiger partial charge >= 0.3 is 6.16 Å². The quantitative estimate of drug-likeness (QED) is 0.788. The number of ether oxygens (including phenoxy) is 3. The van der Waals surface area contributed by atoms with Crippen LogP contribution in [0.5, 0.6) is 11.5 Å². The molecule has 24 heavy (non-hydrogen) atoms. The lowest BCUT2D eigenvalue weighted by Gasteiger charge is -2.28. The van der Waals surface area contributed by atoms with Crippen molar-refractivity contribution in [3.63, 3.8) is 0 Å². The molecule has 1 aromatic carbocycles. The molecule has 132 valence electrons. The summed E-state index contributed by atoms with van der Waals surface area (Å²) in [7, 11) is 1.67. The van der Waals surface area contributed by atoms with Gasteiger partial charge in [-0.2, -0.15) is 0 Å². The molecule has 2 aliphatic carbocycles. The van der Waals surface area contributed by atoms with Crippen LogP contribution in [0.25, 0.3) is 0 Å². The molecule has 5 nitrogen and oxygen atoms in total. The van der Waals surface area contributed by atoms with E-state index < -0.39 is 6.16 Å². The first kappa shape index (κ1) is 16.9. The summed E-state index contributed by atoms with van der Waals surface area (Å²) in [4.78, 5) is 10.6. The van der Waals surface area contributed by atoms with Gasteiger partial charge in [0.25, 0.3) is 0 Å². The van der Waals surface area contributed by atoms with E-state index in [2.05, 4.69) is 12.1 Å². The van der Waals surface area contributed by atoms with Gasteiger partial charge in [0.1, 0.15) is 6.10 Å². The molecule has 0 unspecified atom stereocenters. The third-order valence-electron chi connectivity index (χ3n) is 5.20. The predicted octanol–water partition coefficient (Wildman–Crippen LogP) is 4.74. The molecule has 2 fully saturated rings. The largest absolute Gasteiger partial charge is 0.506 e. The maximum Gasteiger partial charge on any atom is 0.506 e. The summed E-state index contributed by atoms with van der Waals surface area (Å²) in [5.41, 5.74) is 1.25. The minimum atomic E-state index is -1.17. The number of rotatable bonds is 5. The van der Waals surface area contributed by atoms with Gasteiger partial charge in [-0.1, -0.05) is 6.07 Å². The molecular formula is C19H26O5. The lowest BCUT2D eigenvalue weighted by Crippen LogP contribution is -2.23. The van der Waals surface area contributed by atoms with Crippen LogP contribution in [0.2, 0.25) is 0 Å². The van der Waals surface area contributed by atoms with Crippen LogP contribution in [0.3, 0.4) is 0 Å². The monoisotopic (exact) mass is 334 g/mol. The first-order valence-electron chi connectivity index (χ1n) is 8.90. The normalized spacial score (nSPS) is 24.5. The van der Waals surface area contributed by atoms with Crippen LogP contribution >= 0.6 is 0 Å². The SMILES string of the molecule is COc1ccc(C2CCC(OC(=O)O)CC2)cc1OC1CCCC1. The summed E-state index contributed by atoms with van der Waals surface area (Å²) in [5, 5.41) is 8.73. The van der Waals surface area contributed by atoms with Crippen LogP contribution < -0.4 is 9.47 Å². The Morgan fingerprint density at radius 3 is 2.33 bits per heavy atom. The number of methoxy groups -OCH3 is 1. The highest BCUT2D eigenvalue weighted by Crippen LogP contribution is 2.39. The number of hydrogen-bond donors (Lipinski definition) is 1. The van der Waals surface area contributed by atoms with Crippen LogP contribution in [0.15, 0.2) is 18.2 Å². The van der Waals surface area contributed by atoms with Crippen LogP contribution in [-0.2, 0) is 4.74 Å². The van der Waals surface area contributed by atoms with E-state index in [4.69, 9.17) is 19.3 Å². The molecule has 1 N–H and O–H groups in total. The highest BCUT2D eigenvalue weighted by Gasteiger charge is 2.26. The standard InChI is InChI=1S/C19H26O5/c1-22-17-11-8-14(12-18(17)23-15-4-2-3-5-15)13-6-9-16(10-7-13)24-19(20)21/h8,11-13,15-16H,2-7,9-10H2,1H3,(H,20,21). The van der Waals surface area contributed by atoms with Crippen LogP contribution in [-0.4, -0.2) is 30.6 Å². The van der Waals surface area contributed by atoms with Gasteiger partial charge in [0.2, 0.25) is 0 Å². The Labute approximate surface area is 142 Å². The molecule has 3 rings (SSSR count). The van der Waals surface area contributed by atoms with E-state index in [-0.39, 0.29) is 6.10 Å². The average Bonchev–Trinajstić information content (AvgIpc) is 3.08. The fourth-order valence-corrected chi connectivity index (χ4v) is 3.88. The smallest absolute Gasteiger partial charge is 0.493 e. The molecule has 5 heteroatoms. The van der Waals surface area contributed by atoms with E-state index in [0.29, 0.717) is 12.0 Å². The van der Waals surface area contributed by atoms with Gasteiger partial charge in [-0.15, -0.1) is 0 Å². The molecule has 0 spiro atoms. The van der Waals surface area contributed by atoms with Crippen molar-refractivity contribution >= 4 is 6.16 Å². The third-order valence-corrected chi connectivity index (χ3v) is 5.20. The summed E-state index contributed by atoms with van der Waals surface area (Å²) in [6, 6.07) is 6.20. The number of carbonyl (C=O) groups is 1. The first-order chi connectivity index (χ1) is 11.7. The first-order valence-corrected chi connectivity index (χ1v) is 8.90. The molecule has 2 saturated carbocycles.